The smallest absolute Gasteiger partial charge is 0.324 e. The summed E-state index contributed by atoms with van der Waals surface area (Å²) in [7, 11) is -1.53. The zero-order valence-corrected chi connectivity index (χ0v) is 15.4. The van der Waals surface area contributed by atoms with Gasteiger partial charge in [0, 0.05) is 5.92 Å². The molecule has 1 rings (SSSR count). The molecule has 0 aliphatic carbocycles. The van der Waals surface area contributed by atoms with Crippen molar-refractivity contribution >= 4 is 28.6 Å². The van der Waals surface area contributed by atoms with E-state index in [0.29, 0.717) is 0 Å². The van der Waals surface area contributed by atoms with Crippen molar-refractivity contribution in [3.05, 3.63) is 28.8 Å². The number of esters is 1. The predicted octanol–water partition coefficient (Wildman–Crippen LogP) is 2.96. The molecule has 0 aliphatic rings. The van der Waals surface area contributed by atoms with Gasteiger partial charge in [0.25, 0.3) is 0 Å². The fourth-order valence-electron chi connectivity index (χ4n) is 1.79. The molecule has 0 bridgehead atoms. The topological polar surface area (TPSA) is 68.3 Å². The van der Waals surface area contributed by atoms with Crippen molar-refractivity contribution in [3.63, 3.8) is 0 Å². The third-order valence-corrected chi connectivity index (χ3v) is 4.89. The number of nitrogens with zero attached hydrogens (tertiary/aromatic N) is 1. The van der Waals surface area contributed by atoms with Crippen molar-refractivity contribution in [2.45, 2.75) is 51.3 Å². The quantitative estimate of drug-likeness (QED) is 0.622. The van der Waals surface area contributed by atoms with Gasteiger partial charge in [-0.15, -0.1) is 0 Å². The SMILES string of the molecule is CCOC(=O)[C@@H](N[S@](=O)C(C)(C)C)C(C)c1nc(Cl)ccc1F. The van der Waals surface area contributed by atoms with Gasteiger partial charge in [-0.1, -0.05) is 18.5 Å². The van der Waals surface area contributed by atoms with Gasteiger partial charge < -0.3 is 4.74 Å². The maximum Gasteiger partial charge on any atom is 0.324 e. The molecule has 3 atom stereocenters. The van der Waals surface area contributed by atoms with Crippen LogP contribution in [0.4, 0.5) is 4.39 Å². The van der Waals surface area contributed by atoms with Gasteiger partial charge in [-0.05, 0) is 39.8 Å². The van der Waals surface area contributed by atoms with Gasteiger partial charge in [0.2, 0.25) is 0 Å². The maximum absolute atomic E-state index is 14.0. The molecule has 1 aromatic rings. The lowest BCUT2D eigenvalue weighted by Gasteiger charge is -2.27. The molecular formula is C15H22ClFN2O3S. The van der Waals surface area contributed by atoms with Crippen molar-refractivity contribution in [1.29, 1.82) is 0 Å². The first-order valence-electron chi connectivity index (χ1n) is 7.24. The lowest BCUT2D eigenvalue weighted by Crippen LogP contribution is -2.47. The van der Waals surface area contributed by atoms with Gasteiger partial charge in [0.1, 0.15) is 17.0 Å². The molecule has 1 N–H and O–H groups in total. The standard InChI is InChI=1S/C15H22ClFN2O3S/c1-6-22-14(20)13(19-23(21)15(3,4)5)9(2)12-10(17)7-8-11(16)18-12/h7-9,13,19H,6H2,1-5H3/t9?,13-,23+/m0/s1. The molecule has 0 saturated carbocycles. The Kier molecular flexibility index (Phi) is 7.10. The summed E-state index contributed by atoms with van der Waals surface area (Å²) in [4.78, 5) is 16.2. The molecule has 1 unspecified atom stereocenters. The molecule has 8 heteroatoms. The number of halogens is 2. The molecule has 0 aromatic carbocycles. The third-order valence-electron chi connectivity index (χ3n) is 3.10. The van der Waals surface area contributed by atoms with Gasteiger partial charge in [-0.3, -0.25) is 4.79 Å². The Bertz CT molecular complexity index is 593. The zero-order chi connectivity index (χ0) is 17.8. The summed E-state index contributed by atoms with van der Waals surface area (Å²) >= 11 is 5.81. The van der Waals surface area contributed by atoms with Crippen LogP contribution in [0.25, 0.3) is 0 Å². The highest BCUT2D eigenvalue weighted by molar-refractivity contribution is 7.84. The molecule has 0 radical (unpaired) electrons. The number of hydrogen-bond donors (Lipinski definition) is 1. The Morgan fingerprint density at radius 1 is 1.48 bits per heavy atom. The van der Waals surface area contributed by atoms with E-state index in [0.717, 1.165) is 0 Å². The third kappa shape index (κ3) is 5.51. The summed E-state index contributed by atoms with van der Waals surface area (Å²) in [5.41, 5.74) is 0.0222. The van der Waals surface area contributed by atoms with Gasteiger partial charge in [0.15, 0.2) is 0 Å². The summed E-state index contributed by atoms with van der Waals surface area (Å²) in [5, 5.41) is 0.118. The molecule has 23 heavy (non-hydrogen) atoms. The number of ether oxygens (including phenoxy) is 1. The van der Waals surface area contributed by atoms with E-state index < -0.39 is 39.5 Å². The molecule has 0 aliphatic heterocycles. The van der Waals surface area contributed by atoms with Crippen LogP contribution in [0.5, 0.6) is 0 Å². The molecule has 1 heterocycles. The molecule has 1 aromatic heterocycles. The fourth-order valence-corrected chi connectivity index (χ4v) is 2.83. The van der Waals surface area contributed by atoms with Crippen LogP contribution < -0.4 is 4.72 Å². The van der Waals surface area contributed by atoms with Crippen LogP contribution in [0.1, 0.15) is 46.2 Å². The van der Waals surface area contributed by atoms with Crippen molar-refractivity contribution in [2.75, 3.05) is 6.61 Å². The Labute approximate surface area is 143 Å². The number of pyridine rings is 1. The minimum absolute atomic E-state index is 0.0222. The van der Waals surface area contributed by atoms with E-state index in [1.807, 2.05) is 0 Å². The van der Waals surface area contributed by atoms with Crippen LogP contribution in [0, 0.1) is 5.82 Å². The van der Waals surface area contributed by atoms with Crippen molar-refractivity contribution in [1.82, 2.24) is 9.71 Å². The summed E-state index contributed by atoms with van der Waals surface area (Å²) in [6.45, 7) is 8.73. The number of nitrogens with one attached hydrogen (secondary N) is 1. The molecule has 0 amide bonds. The first kappa shape index (κ1) is 20.0. The van der Waals surface area contributed by atoms with Gasteiger partial charge >= 0.3 is 5.97 Å². The number of carbonyl (C=O) groups excluding carboxylic acids is 1. The van der Waals surface area contributed by atoms with E-state index >= 15 is 0 Å². The van der Waals surface area contributed by atoms with Gasteiger partial charge in [-0.2, -0.15) is 0 Å². The average molecular weight is 365 g/mol. The molecular weight excluding hydrogens is 343 g/mol. The second kappa shape index (κ2) is 8.17. The summed E-state index contributed by atoms with van der Waals surface area (Å²) in [5.74, 6) is -1.91. The van der Waals surface area contributed by atoms with E-state index in [1.54, 1.807) is 34.6 Å². The Morgan fingerprint density at radius 3 is 2.61 bits per heavy atom. The summed E-state index contributed by atoms with van der Waals surface area (Å²) in [6, 6.07) is 1.51. The van der Waals surface area contributed by atoms with Crippen LogP contribution in [-0.2, 0) is 20.5 Å². The largest absolute Gasteiger partial charge is 0.465 e. The Morgan fingerprint density at radius 2 is 2.09 bits per heavy atom. The van der Waals surface area contributed by atoms with Crippen molar-refractivity contribution in [3.8, 4) is 0 Å². The second-order valence-electron chi connectivity index (χ2n) is 6.02. The normalized spacial score (nSPS) is 15.8. The highest BCUT2D eigenvalue weighted by atomic mass is 35.5. The van der Waals surface area contributed by atoms with E-state index in [2.05, 4.69) is 9.71 Å². The van der Waals surface area contributed by atoms with Crippen LogP contribution >= 0.6 is 11.6 Å². The summed E-state index contributed by atoms with van der Waals surface area (Å²) in [6.07, 6.45) is 0. The molecule has 0 fully saturated rings. The zero-order valence-electron chi connectivity index (χ0n) is 13.9. The first-order valence-corrected chi connectivity index (χ1v) is 8.77. The molecule has 5 nitrogen and oxygen atoms in total. The highest BCUT2D eigenvalue weighted by Gasteiger charge is 2.34. The maximum atomic E-state index is 14.0. The monoisotopic (exact) mass is 364 g/mol. The highest BCUT2D eigenvalue weighted by Crippen LogP contribution is 2.24. The van der Waals surface area contributed by atoms with Crippen LogP contribution in [-0.4, -0.2) is 32.6 Å². The lowest BCUT2D eigenvalue weighted by atomic mass is 9.98. The summed E-state index contributed by atoms with van der Waals surface area (Å²) < 4.78 is 33.5. The van der Waals surface area contributed by atoms with Crippen molar-refractivity contribution < 1.29 is 18.1 Å². The molecule has 0 saturated heterocycles. The molecule has 130 valence electrons. The minimum atomic E-state index is -1.53. The number of aromatic nitrogens is 1. The van der Waals surface area contributed by atoms with Gasteiger partial charge in [0.05, 0.1) is 28.0 Å². The predicted molar refractivity (Wildman–Crippen MR) is 89.1 cm³/mol. The van der Waals surface area contributed by atoms with Crippen LogP contribution in [0.15, 0.2) is 12.1 Å². The van der Waals surface area contributed by atoms with Gasteiger partial charge in [-0.25, -0.2) is 18.3 Å². The lowest BCUT2D eigenvalue weighted by molar-refractivity contribution is -0.145. The van der Waals surface area contributed by atoms with Crippen molar-refractivity contribution in [2.24, 2.45) is 0 Å². The van der Waals surface area contributed by atoms with Crippen LogP contribution in [0.2, 0.25) is 5.15 Å². The minimum Gasteiger partial charge on any atom is -0.465 e. The number of hydrogen-bond acceptors (Lipinski definition) is 4. The second-order valence-corrected chi connectivity index (χ2v) is 8.40. The fraction of sp³-hybridized carbons (Fsp3) is 0.600. The number of carbonyl (C=O) groups is 1. The average Bonchev–Trinajstić information content (AvgIpc) is 2.45. The molecule has 0 spiro atoms. The Balaban J connectivity index is 3.15. The van der Waals surface area contributed by atoms with E-state index in [4.69, 9.17) is 16.3 Å². The van der Waals surface area contributed by atoms with E-state index in [-0.39, 0.29) is 17.5 Å². The Hall–Kier alpha value is -1.05. The van der Waals surface area contributed by atoms with Crippen LogP contribution in [0.3, 0.4) is 0 Å². The van der Waals surface area contributed by atoms with E-state index in [9.17, 15) is 13.4 Å². The van der Waals surface area contributed by atoms with E-state index in [1.165, 1.54) is 12.1 Å². The first-order chi connectivity index (χ1) is 10.6. The number of rotatable bonds is 6.